The van der Waals surface area contributed by atoms with E-state index in [-0.39, 0.29) is 0 Å². The number of nitrogens with zero attached hydrogens (tertiary/aromatic N) is 1. The maximum Gasteiger partial charge on any atom is 0.191 e. The molecule has 0 spiro atoms. The molecule has 6 nitrogen and oxygen atoms in total. The van der Waals surface area contributed by atoms with Crippen LogP contribution < -0.4 is 10.6 Å². The number of hydrogen-bond acceptors (Lipinski definition) is 4. The second-order valence-corrected chi connectivity index (χ2v) is 8.73. The third-order valence-electron chi connectivity index (χ3n) is 4.30. The summed E-state index contributed by atoms with van der Waals surface area (Å²) < 4.78 is 28.8. The molecular formula is C20H29N3O3S. The number of aliphatic imine (C=N–C) groups is 1. The van der Waals surface area contributed by atoms with E-state index in [0.717, 1.165) is 35.7 Å². The Balaban J connectivity index is 2.05. The predicted octanol–water partition coefficient (Wildman–Crippen LogP) is 3.07. The molecule has 1 heterocycles. The normalized spacial score (nSPS) is 13.4. The standard InChI is InChI=1S/C20H29N3O3S/c1-5-16(3)23-20(21-11-10-18-7-6-12-26-18)22-14-17-8-9-19(15(2)13-17)27(4,24)25/h6-9,12-13,16H,5,10-11,14H2,1-4H3,(H2,21,22,23). The Bertz CT molecular complexity index is 859. The molecule has 1 unspecified atom stereocenters. The summed E-state index contributed by atoms with van der Waals surface area (Å²) in [5.74, 6) is 1.66. The maximum atomic E-state index is 11.7. The number of hydrogen-bond donors (Lipinski definition) is 2. The third-order valence-corrected chi connectivity index (χ3v) is 5.55. The van der Waals surface area contributed by atoms with Crippen LogP contribution in [0.15, 0.2) is 50.9 Å². The number of sulfone groups is 1. The van der Waals surface area contributed by atoms with Crippen molar-refractivity contribution in [3.05, 3.63) is 53.5 Å². The lowest BCUT2D eigenvalue weighted by molar-refractivity contribution is 0.506. The molecule has 1 aromatic carbocycles. The van der Waals surface area contributed by atoms with Gasteiger partial charge >= 0.3 is 0 Å². The van der Waals surface area contributed by atoms with Crippen molar-refractivity contribution in [3.63, 3.8) is 0 Å². The number of guanidine groups is 1. The minimum atomic E-state index is -3.20. The Hall–Kier alpha value is -2.28. The summed E-state index contributed by atoms with van der Waals surface area (Å²) in [7, 11) is -3.20. The Morgan fingerprint density at radius 3 is 2.67 bits per heavy atom. The molecule has 1 aromatic heterocycles. The van der Waals surface area contributed by atoms with Crippen LogP contribution in [-0.2, 0) is 22.8 Å². The number of rotatable bonds is 8. The van der Waals surface area contributed by atoms with Crippen molar-refractivity contribution in [1.82, 2.24) is 10.6 Å². The zero-order valence-corrected chi connectivity index (χ0v) is 17.3. The summed E-state index contributed by atoms with van der Waals surface area (Å²) in [6.07, 6.45) is 4.66. The lowest BCUT2D eigenvalue weighted by Gasteiger charge is -2.17. The largest absolute Gasteiger partial charge is 0.469 e. The molecule has 0 radical (unpaired) electrons. The zero-order valence-electron chi connectivity index (χ0n) is 16.5. The molecule has 27 heavy (non-hydrogen) atoms. The predicted molar refractivity (Wildman–Crippen MR) is 109 cm³/mol. The van der Waals surface area contributed by atoms with Crippen LogP contribution in [0.25, 0.3) is 0 Å². The van der Waals surface area contributed by atoms with Crippen molar-refractivity contribution in [1.29, 1.82) is 0 Å². The van der Waals surface area contributed by atoms with Gasteiger partial charge in [0.25, 0.3) is 0 Å². The molecule has 2 N–H and O–H groups in total. The van der Waals surface area contributed by atoms with Crippen molar-refractivity contribution in [2.45, 2.75) is 51.1 Å². The van der Waals surface area contributed by atoms with Crippen molar-refractivity contribution in [2.75, 3.05) is 12.8 Å². The molecule has 0 bridgehead atoms. The van der Waals surface area contributed by atoms with Gasteiger partial charge < -0.3 is 15.1 Å². The second-order valence-electron chi connectivity index (χ2n) is 6.75. The summed E-state index contributed by atoms with van der Waals surface area (Å²) in [5, 5.41) is 6.71. The monoisotopic (exact) mass is 391 g/mol. The van der Waals surface area contributed by atoms with Gasteiger partial charge in [-0.05, 0) is 49.6 Å². The van der Waals surface area contributed by atoms with Crippen LogP contribution in [0.5, 0.6) is 0 Å². The van der Waals surface area contributed by atoms with Crippen LogP contribution in [0, 0.1) is 6.92 Å². The van der Waals surface area contributed by atoms with Gasteiger partial charge in [0.05, 0.1) is 17.7 Å². The maximum absolute atomic E-state index is 11.7. The van der Waals surface area contributed by atoms with E-state index in [2.05, 4.69) is 29.5 Å². The Kier molecular flexibility index (Phi) is 7.47. The molecule has 0 fully saturated rings. The van der Waals surface area contributed by atoms with Crippen LogP contribution in [0.4, 0.5) is 0 Å². The van der Waals surface area contributed by atoms with Gasteiger partial charge in [0.2, 0.25) is 0 Å². The molecule has 0 aliphatic heterocycles. The fourth-order valence-electron chi connectivity index (χ4n) is 2.64. The Morgan fingerprint density at radius 1 is 1.30 bits per heavy atom. The van der Waals surface area contributed by atoms with Crippen LogP contribution in [0.3, 0.4) is 0 Å². The van der Waals surface area contributed by atoms with Crippen LogP contribution in [0.1, 0.15) is 37.2 Å². The molecule has 2 rings (SSSR count). The van der Waals surface area contributed by atoms with Crippen molar-refractivity contribution >= 4 is 15.8 Å². The first-order chi connectivity index (χ1) is 12.8. The lowest BCUT2D eigenvalue weighted by Crippen LogP contribution is -2.42. The van der Waals surface area contributed by atoms with E-state index in [1.807, 2.05) is 31.2 Å². The molecular weight excluding hydrogens is 362 g/mol. The average Bonchev–Trinajstić information content (AvgIpc) is 3.11. The Labute approximate surface area is 162 Å². The van der Waals surface area contributed by atoms with Crippen molar-refractivity contribution in [2.24, 2.45) is 4.99 Å². The van der Waals surface area contributed by atoms with Gasteiger partial charge in [-0.15, -0.1) is 0 Å². The summed E-state index contributed by atoms with van der Waals surface area (Å²) in [5.41, 5.74) is 1.71. The van der Waals surface area contributed by atoms with Gasteiger partial charge in [-0.2, -0.15) is 0 Å². The highest BCUT2D eigenvalue weighted by Crippen LogP contribution is 2.17. The van der Waals surface area contributed by atoms with E-state index in [0.29, 0.717) is 24.0 Å². The summed E-state index contributed by atoms with van der Waals surface area (Å²) in [4.78, 5) is 5.01. The van der Waals surface area contributed by atoms with E-state index >= 15 is 0 Å². The molecule has 0 aliphatic rings. The summed E-state index contributed by atoms with van der Waals surface area (Å²) in [6, 6.07) is 9.48. The fraction of sp³-hybridized carbons (Fsp3) is 0.450. The van der Waals surface area contributed by atoms with E-state index in [1.54, 1.807) is 12.3 Å². The first-order valence-corrected chi connectivity index (χ1v) is 11.1. The van der Waals surface area contributed by atoms with Gasteiger partial charge in [0.1, 0.15) is 5.76 Å². The molecule has 0 saturated carbocycles. The highest BCUT2D eigenvalue weighted by atomic mass is 32.2. The molecule has 148 valence electrons. The van der Waals surface area contributed by atoms with E-state index < -0.39 is 9.84 Å². The van der Waals surface area contributed by atoms with Gasteiger partial charge in [-0.25, -0.2) is 13.4 Å². The number of benzene rings is 1. The highest BCUT2D eigenvalue weighted by Gasteiger charge is 2.11. The third kappa shape index (κ3) is 6.75. The Morgan fingerprint density at radius 2 is 2.07 bits per heavy atom. The smallest absolute Gasteiger partial charge is 0.191 e. The average molecular weight is 392 g/mol. The molecule has 0 amide bonds. The minimum absolute atomic E-state index is 0.300. The van der Waals surface area contributed by atoms with Gasteiger partial charge in [0, 0.05) is 25.3 Å². The van der Waals surface area contributed by atoms with E-state index in [1.165, 1.54) is 6.26 Å². The van der Waals surface area contributed by atoms with E-state index in [4.69, 9.17) is 4.42 Å². The molecule has 1 atom stereocenters. The second kappa shape index (κ2) is 9.60. The summed E-state index contributed by atoms with van der Waals surface area (Å²) in [6.45, 7) is 7.21. The first kappa shape index (κ1) is 21.0. The topological polar surface area (TPSA) is 83.7 Å². The molecule has 0 aliphatic carbocycles. The van der Waals surface area contributed by atoms with Crippen LogP contribution in [-0.4, -0.2) is 33.2 Å². The molecule has 7 heteroatoms. The fourth-order valence-corrected chi connectivity index (χ4v) is 3.60. The van der Waals surface area contributed by atoms with Crippen molar-refractivity contribution < 1.29 is 12.8 Å². The quantitative estimate of drug-likeness (QED) is 0.534. The van der Waals surface area contributed by atoms with Crippen LogP contribution in [0.2, 0.25) is 0 Å². The number of aryl methyl sites for hydroxylation is 1. The number of nitrogens with one attached hydrogen (secondary N) is 2. The highest BCUT2D eigenvalue weighted by molar-refractivity contribution is 7.90. The molecule has 0 saturated heterocycles. The first-order valence-electron chi connectivity index (χ1n) is 9.16. The zero-order chi connectivity index (χ0) is 19.9. The van der Waals surface area contributed by atoms with Crippen LogP contribution >= 0.6 is 0 Å². The van der Waals surface area contributed by atoms with Gasteiger partial charge in [0.15, 0.2) is 15.8 Å². The van der Waals surface area contributed by atoms with E-state index in [9.17, 15) is 8.42 Å². The van der Waals surface area contributed by atoms with Gasteiger partial charge in [-0.3, -0.25) is 0 Å². The number of furan rings is 1. The lowest BCUT2D eigenvalue weighted by atomic mass is 10.1. The van der Waals surface area contributed by atoms with Gasteiger partial charge in [-0.1, -0.05) is 19.1 Å². The van der Waals surface area contributed by atoms with Crippen molar-refractivity contribution in [3.8, 4) is 0 Å². The molecule has 2 aromatic rings. The minimum Gasteiger partial charge on any atom is -0.469 e. The summed E-state index contributed by atoms with van der Waals surface area (Å²) >= 11 is 0. The SMILES string of the molecule is CCC(C)NC(=NCc1ccc(S(C)(=O)=O)c(C)c1)NCCc1ccco1.